The second-order valence-electron chi connectivity index (χ2n) is 13.6. The van der Waals surface area contributed by atoms with Crippen molar-refractivity contribution < 1.29 is 4.42 Å². The van der Waals surface area contributed by atoms with Gasteiger partial charge < -0.3 is 9.32 Å². The molecule has 8 aromatic carbocycles. The molecular formula is C49H31NOS. The number of furan rings is 1. The molecule has 10 aromatic rings. The second-order valence-corrected chi connectivity index (χ2v) is 14.7. The van der Waals surface area contributed by atoms with Gasteiger partial charge in [0.2, 0.25) is 0 Å². The number of thiophene rings is 1. The summed E-state index contributed by atoms with van der Waals surface area (Å²) in [4.78, 5) is 2.41. The summed E-state index contributed by atoms with van der Waals surface area (Å²) in [5.74, 6) is 0. The van der Waals surface area contributed by atoms with Crippen LogP contribution >= 0.6 is 11.3 Å². The topological polar surface area (TPSA) is 16.4 Å². The largest absolute Gasteiger partial charge is 0.455 e. The molecule has 3 heteroatoms. The summed E-state index contributed by atoms with van der Waals surface area (Å²) >= 11 is 1.83. The van der Waals surface area contributed by atoms with Gasteiger partial charge in [-0.1, -0.05) is 146 Å². The molecular weight excluding hydrogens is 651 g/mol. The highest BCUT2D eigenvalue weighted by Crippen LogP contribution is 2.56. The Hall–Kier alpha value is -6.42. The number of hydrogen-bond acceptors (Lipinski definition) is 3. The van der Waals surface area contributed by atoms with E-state index in [1.807, 2.05) is 11.3 Å². The van der Waals surface area contributed by atoms with Gasteiger partial charge >= 0.3 is 0 Å². The maximum Gasteiger partial charge on any atom is 0.146 e. The van der Waals surface area contributed by atoms with Gasteiger partial charge in [-0.25, -0.2) is 0 Å². The van der Waals surface area contributed by atoms with E-state index >= 15 is 0 Å². The SMILES string of the molecule is c1ccc(N(c2ccc(C3(c4ccccc4)c4ccccc4-c4ccccc43)cc2)c2cc3sc4ccccc4c3c3oc4ccccc4c23)cc1. The lowest BCUT2D eigenvalue weighted by molar-refractivity contribution is 0.673. The van der Waals surface area contributed by atoms with Crippen LogP contribution in [0.15, 0.2) is 192 Å². The molecule has 2 nitrogen and oxygen atoms in total. The average molecular weight is 682 g/mol. The average Bonchev–Trinajstić information content (AvgIpc) is 3.88. The molecule has 0 aliphatic heterocycles. The zero-order valence-electron chi connectivity index (χ0n) is 28.2. The Bertz CT molecular complexity index is 2910. The molecule has 0 fully saturated rings. The van der Waals surface area contributed by atoms with Crippen molar-refractivity contribution in [1.29, 1.82) is 0 Å². The number of benzene rings is 8. The number of rotatable bonds is 5. The van der Waals surface area contributed by atoms with Crippen LogP contribution in [0.2, 0.25) is 0 Å². The van der Waals surface area contributed by atoms with Gasteiger partial charge in [-0.15, -0.1) is 11.3 Å². The maximum absolute atomic E-state index is 6.79. The molecule has 11 rings (SSSR count). The highest BCUT2D eigenvalue weighted by Gasteiger charge is 2.45. The van der Waals surface area contributed by atoms with E-state index in [-0.39, 0.29) is 0 Å². The van der Waals surface area contributed by atoms with Crippen LogP contribution in [0.1, 0.15) is 22.3 Å². The van der Waals surface area contributed by atoms with Crippen LogP contribution in [0, 0.1) is 0 Å². The summed E-state index contributed by atoms with van der Waals surface area (Å²) < 4.78 is 9.26. The molecule has 0 saturated carbocycles. The summed E-state index contributed by atoms with van der Waals surface area (Å²) in [6, 6.07) is 68.4. The summed E-state index contributed by atoms with van der Waals surface area (Å²) in [6.45, 7) is 0. The first-order valence-corrected chi connectivity index (χ1v) is 18.6. The van der Waals surface area contributed by atoms with Gasteiger partial charge in [-0.3, -0.25) is 0 Å². The zero-order chi connectivity index (χ0) is 34.2. The number of nitrogens with zero attached hydrogens (tertiary/aromatic N) is 1. The zero-order valence-corrected chi connectivity index (χ0v) is 29.0. The third-order valence-electron chi connectivity index (χ3n) is 10.9. The van der Waals surface area contributed by atoms with Crippen molar-refractivity contribution in [3.05, 3.63) is 210 Å². The van der Waals surface area contributed by atoms with Crippen LogP contribution in [-0.4, -0.2) is 0 Å². The van der Waals surface area contributed by atoms with Crippen molar-refractivity contribution in [1.82, 2.24) is 0 Å². The molecule has 1 aliphatic rings. The normalized spacial score (nSPS) is 13.2. The predicted molar refractivity (Wildman–Crippen MR) is 219 cm³/mol. The Morgan fingerprint density at radius 3 is 1.73 bits per heavy atom. The minimum absolute atomic E-state index is 0.450. The minimum Gasteiger partial charge on any atom is -0.455 e. The van der Waals surface area contributed by atoms with Crippen LogP contribution in [0.4, 0.5) is 17.1 Å². The molecule has 0 bridgehead atoms. The third kappa shape index (κ3) is 4.06. The van der Waals surface area contributed by atoms with Gasteiger partial charge in [0, 0.05) is 36.9 Å². The molecule has 52 heavy (non-hydrogen) atoms. The summed E-state index contributed by atoms with van der Waals surface area (Å²) in [5, 5.41) is 4.66. The molecule has 244 valence electrons. The number of para-hydroxylation sites is 2. The lowest BCUT2D eigenvalue weighted by Crippen LogP contribution is -2.28. The Labute approximate surface area is 305 Å². The monoisotopic (exact) mass is 681 g/mol. The van der Waals surface area contributed by atoms with Crippen LogP contribution < -0.4 is 4.90 Å². The van der Waals surface area contributed by atoms with Gasteiger partial charge in [0.15, 0.2) is 0 Å². The highest BCUT2D eigenvalue weighted by atomic mass is 32.1. The number of hydrogen-bond donors (Lipinski definition) is 0. The molecule has 1 aliphatic carbocycles. The van der Waals surface area contributed by atoms with Crippen LogP contribution in [0.3, 0.4) is 0 Å². The van der Waals surface area contributed by atoms with E-state index in [1.165, 1.54) is 53.6 Å². The Balaban J connectivity index is 1.18. The van der Waals surface area contributed by atoms with E-state index in [2.05, 4.69) is 193 Å². The predicted octanol–water partition coefficient (Wildman–Crippen LogP) is 13.8. The molecule has 0 amide bonds. The lowest BCUT2D eigenvalue weighted by atomic mass is 9.68. The smallest absolute Gasteiger partial charge is 0.146 e. The van der Waals surface area contributed by atoms with E-state index in [0.29, 0.717) is 0 Å². The molecule has 0 saturated heterocycles. The van der Waals surface area contributed by atoms with Crippen molar-refractivity contribution >= 4 is 70.5 Å². The van der Waals surface area contributed by atoms with Gasteiger partial charge in [0.05, 0.1) is 16.5 Å². The molecule has 2 heterocycles. The van der Waals surface area contributed by atoms with Crippen molar-refractivity contribution in [2.75, 3.05) is 4.90 Å². The van der Waals surface area contributed by atoms with Crippen LogP contribution in [-0.2, 0) is 5.41 Å². The number of fused-ring (bicyclic) bond motifs is 10. The Kier molecular flexibility index (Phi) is 6.37. The van der Waals surface area contributed by atoms with Crippen molar-refractivity contribution in [3.8, 4) is 11.1 Å². The maximum atomic E-state index is 6.79. The highest BCUT2D eigenvalue weighted by molar-refractivity contribution is 7.26. The molecule has 0 atom stereocenters. The molecule has 0 N–H and O–H groups in total. The summed E-state index contributed by atoms with van der Waals surface area (Å²) in [7, 11) is 0. The van der Waals surface area contributed by atoms with Crippen molar-refractivity contribution in [2.24, 2.45) is 0 Å². The quantitative estimate of drug-likeness (QED) is 0.180. The third-order valence-corrected chi connectivity index (χ3v) is 12.1. The van der Waals surface area contributed by atoms with E-state index in [1.54, 1.807) is 0 Å². The molecule has 0 spiro atoms. The van der Waals surface area contributed by atoms with Gasteiger partial charge in [0.25, 0.3) is 0 Å². The van der Waals surface area contributed by atoms with Gasteiger partial charge in [0.1, 0.15) is 11.2 Å². The summed E-state index contributed by atoms with van der Waals surface area (Å²) in [6.07, 6.45) is 0. The Morgan fingerprint density at radius 2 is 1.00 bits per heavy atom. The first-order chi connectivity index (χ1) is 25.8. The molecule has 0 unspecified atom stereocenters. The van der Waals surface area contributed by atoms with Gasteiger partial charge in [-0.05, 0) is 75.8 Å². The fraction of sp³-hybridized carbons (Fsp3) is 0.0204. The number of anilines is 3. The minimum atomic E-state index is -0.450. The standard InChI is InChI=1S/C49H31NOS/c1-3-15-32(16-4-1)49(40-23-11-7-19-36(40)37-20-8-12-24-41(37)49)33-27-29-35(30-28-33)50(34-17-5-2-6-18-34)42-31-45-47(39-22-10-14-26-44(39)52-45)48-46(42)38-21-9-13-25-43(38)51-48/h1-31H. The van der Waals surface area contributed by atoms with Crippen molar-refractivity contribution in [3.63, 3.8) is 0 Å². The van der Waals surface area contributed by atoms with Crippen LogP contribution in [0.5, 0.6) is 0 Å². The van der Waals surface area contributed by atoms with E-state index in [4.69, 9.17) is 4.42 Å². The fourth-order valence-electron chi connectivity index (χ4n) is 8.83. The second kappa shape index (κ2) is 11.3. The summed E-state index contributed by atoms with van der Waals surface area (Å²) in [5.41, 5.74) is 12.4. The van der Waals surface area contributed by atoms with E-state index < -0.39 is 5.41 Å². The fourth-order valence-corrected chi connectivity index (χ4v) is 9.96. The Morgan fingerprint density at radius 1 is 0.442 bits per heavy atom. The first-order valence-electron chi connectivity index (χ1n) is 17.8. The lowest BCUT2D eigenvalue weighted by Gasteiger charge is -2.34. The molecule has 0 radical (unpaired) electrons. The van der Waals surface area contributed by atoms with Crippen molar-refractivity contribution in [2.45, 2.75) is 5.41 Å². The molecule has 2 aromatic heterocycles. The van der Waals surface area contributed by atoms with E-state index in [0.717, 1.165) is 39.0 Å². The van der Waals surface area contributed by atoms with Gasteiger partial charge in [-0.2, -0.15) is 0 Å². The van der Waals surface area contributed by atoms with E-state index in [9.17, 15) is 0 Å². The van der Waals surface area contributed by atoms with Crippen LogP contribution in [0.25, 0.3) is 53.2 Å². The first kappa shape index (κ1) is 29.3.